The Balaban J connectivity index is 1.94. The second kappa shape index (κ2) is 4.94. The molecule has 0 saturated carbocycles. The van der Waals surface area contributed by atoms with Crippen molar-refractivity contribution in [3.63, 3.8) is 0 Å². The van der Waals surface area contributed by atoms with Crippen LogP contribution >= 0.6 is 0 Å². The van der Waals surface area contributed by atoms with E-state index in [1.165, 1.54) is 0 Å². The van der Waals surface area contributed by atoms with Crippen LogP contribution in [-0.4, -0.2) is 35.2 Å². The van der Waals surface area contributed by atoms with Crippen molar-refractivity contribution in [3.8, 4) is 0 Å². The lowest BCUT2D eigenvalue weighted by Gasteiger charge is -2.30. The van der Waals surface area contributed by atoms with Crippen molar-refractivity contribution in [1.29, 1.82) is 0 Å². The van der Waals surface area contributed by atoms with Gasteiger partial charge in [0.05, 0.1) is 12.2 Å². The summed E-state index contributed by atoms with van der Waals surface area (Å²) in [6, 6.07) is 5.64. The first-order valence-corrected chi connectivity index (χ1v) is 5.35. The van der Waals surface area contributed by atoms with Gasteiger partial charge in [0.1, 0.15) is 6.10 Å². The minimum atomic E-state index is -0.299. The van der Waals surface area contributed by atoms with Crippen molar-refractivity contribution >= 4 is 6.09 Å². The number of carbonyl (C=O) groups excluding carboxylic acids is 1. The van der Waals surface area contributed by atoms with Gasteiger partial charge in [-0.15, -0.1) is 0 Å². The van der Waals surface area contributed by atoms with Crippen LogP contribution in [0.1, 0.15) is 12.1 Å². The predicted molar refractivity (Wildman–Crippen MR) is 58.6 cm³/mol. The molecule has 1 aromatic heterocycles. The number of cyclic esters (lactones) is 1. The summed E-state index contributed by atoms with van der Waals surface area (Å²) in [4.78, 5) is 17.4. The van der Waals surface area contributed by atoms with Crippen LogP contribution in [0.3, 0.4) is 0 Å². The Morgan fingerprint density at radius 1 is 1.56 bits per heavy atom. The molecule has 2 heterocycles. The molecule has 5 heteroatoms. The standard InChI is InChI=1S/C11H15N3O2/c12-7-10-4-6-14(11(15)16-10)8-9-3-1-2-5-13-9/h1-3,5,10H,4,6-8,12H2. The second-order valence-electron chi connectivity index (χ2n) is 3.77. The maximum atomic E-state index is 11.6. The van der Waals surface area contributed by atoms with E-state index in [4.69, 9.17) is 10.5 Å². The molecular weight excluding hydrogens is 206 g/mol. The highest BCUT2D eigenvalue weighted by atomic mass is 16.6. The monoisotopic (exact) mass is 221 g/mol. The van der Waals surface area contributed by atoms with Crippen molar-refractivity contribution in [2.45, 2.75) is 19.1 Å². The number of rotatable bonds is 3. The van der Waals surface area contributed by atoms with Gasteiger partial charge in [-0.05, 0) is 12.1 Å². The van der Waals surface area contributed by atoms with Gasteiger partial charge in [0.25, 0.3) is 0 Å². The molecule has 2 rings (SSSR count). The van der Waals surface area contributed by atoms with Crippen LogP contribution in [0, 0.1) is 0 Å². The zero-order chi connectivity index (χ0) is 11.4. The van der Waals surface area contributed by atoms with Crippen LogP contribution in [-0.2, 0) is 11.3 Å². The molecule has 1 fully saturated rings. The SMILES string of the molecule is NCC1CCN(Cc2ccccn2)C(=O)O1. The third kappa shape index (κ3) is 2.49. The Kier molecular flexibility index (Phi) is 3.36. The van der Waals surface area contributed by atoms with E-state index in [1.807, 2.05) is 18.2 Å². The molecule has 86 valence electrons. The molecule has 2 N–H and O–H groups in total. The van der Waals surface area contributed by atoms with Crippen LogP contribution in [0.25, 0.3) is 0 Å². The molecule has 0 radical (unpaired) electrons. The average Bonchev–Trinajstić information content (AvgIpc) is 2.33. The predicted octanol–water partition coefficient (Wildman–Crippen LogP) is 0.751. The number of carbonyl (C=O) groups is 1. The molecule has 1 aliphatic rings. The van der Waals surface area contributed by atoms with Gasteiger partial charge < -0.3 is 15.4 Å². The molecule has 0 aliphatic carbocycles. The van der Waals surface area contributed by atoms with Crippen LogP contribution in [0.2, 0.25) is 0 Å². The van der Waals surface area contributed by atoms with Gasteiger partial charge in [-0.1, -0.05) is 6.07 Å². The quantitative estimate of drug-likeness (QED) is 0.817. The van der Waals surface area contributed by atoms with Gasteiger partial charge in [-0.25, -0.2) is 4.79 Å². The highest BCUT2D eigenvalue weighted by Crippen LogP contribution is 2.13. The molecule has 1 aliphatic heterocycles. The highest BCUT2D eigenvalue weighted by molar-refractivity contribution is 5.68. The number of ether oxygens (including phenoxy) is 1. The number of nitrogens with two attached hydrogens (primary N) is 1. The first-order valence-electron chi connectivity index (χ1n) is 5.35. The fourth-order valence-corrected chi connectivity index (χ4v) is 1.66. The normalized spacial score (nSPS) is 20.7. The third-order valence-electron chi connectivity index (χ3n) is 2.59. The summed E-state index contributed by atoms with van der Waals surface area (Å²) in [5.74, 6) is 0. The van der Waals surface area contributed by atoms with E-state index in [9.17, 15) is 4.79 Å². The average molecular weight is 221 g/mol. The number of pyridine rings is 1. The van der Waals surface area contributed by atoms with E-state index in [0.29, 0.717) is 19.6 Å². The Morgan fingerprint density at radius 3 is 3.06 bits per heavy atom. The number of amides is 1. The molecule has 1 saturated heterocycles. The Hall–Kier alpha value is -1.62. The van der Waals surface area contributed by atoms with Crippen molar-refractivity contribution in [1.82, 2.24) is 9.88 Å². The molecule has 1 aromatic rings. The zero-order valence-electron chi connectivity index (χ0n) is 9.00. The largest absolute Gasteiger partial charge is 0.445 e. The molecule has 1 unspecified atom stereocenters. The summed E-state index contributed by atoms with van der Waals surface area (Å²) in [6.45, 7) is 1.57. The lowest BCUT2D eigenvalue weighted by atomic mass is 10.2. The van der Waals surface area contributed by atoms with Crippen molar-refractivity contribution < 1.29 is 9.53 Å². The summed E-state index contributed by atoms with van der Waals surface area (Å²) in [5.41, 5.74) is 6.32. The molecule has 0 bridgehead atoms. The van der Waals surface area contributed by atoms with E-state index < -0.39 is 0 Å². The second-order valence-corrected chi connectivity index (χ2v) is 3.77. The van der Waals surface area contributed by atoms with Crippen molar-refractivity contribution in [2.75, 3.05) is 13.1 Å². The summed E-state index contributed by atoms with van der Waals surface area (Å²) in [5, 5.41) is 0. The van der Waals surface area contributed by atoms with E-state index >= 15 is 0 Å². The molecule has 16 heavy (non-hydrogen) atoms. The summed E-state index contributed by atoms with van der Waals surface area (Å²) in [6.07, 6.45) is 2.07. The zero-order valence-corrected chi connectivity index (χ0v) is 9.00. The lowest BCUT2D eigenvalue weighted by Crippen LogP contribution is -2.44. The molecule has 1 amide bonds. The van der Waals surface area contributed by atoms with Gasteiger partial charge in [-0.2, -0.15) is 0 Å². The first kappa shape index (κ1) is 10.9. The Bertz CT molecular complexity index is 356. The van der Waals surface area contributed by atoms with Crippen LogP contribution in [0.15, 0.2) is 24.4 Å². The molecule has 5 nitrogen and oxygen atoms in total. The number of aromatic nitrogens is 1. The lowest BCUT2D eigenvalue weighted by molar-refractivity contribution is 0.0261. The minimum absolute atomic E-state index is 0.132. The molecule has 1 atom stereocenters. The van der Waals surface area contributed by atoms with Gasteiger partial charge in [0, 0.05) is 25.7 Å². The smallest absolute Gasteiger partial charge is 0.410 e. The highest BCUT2D eigenvalue weighted by Gasteiger charge is 2.26. The van der Waals surface area contributed by atoms with E-state index in [1.54, 1.807) is 11.1 Å². The maximum absolute atomic E-state index is 11.6. The minimum Gasteiger partial charge on any atom is -0.445 e. The van der Waals surface area contributed by atoms with Gasteiger partial charge >= 0.3 is 6.09 Å². The van der Waals surface area contributed by atoms with Crippen LogP contribution in [0.4, 0.5) is 4.79 Å². The molecule has 0 aromatic carbocycles. The van der Waals surface area contributed by atoms with Crippen LogP contribution < -0.4 is 5.73 Å². The Morgan fingerprint density at radius 2 is 2.44 bits per heavy atom. The fourth-order valence-electron chi connectivity index (χ4n) is 1.66. The number of nitrogens with zero attached hydrogens (tertiary/aromatic N) is 2. The van der Waals surface area contributed by atoms with Crippen molar-refractivity contribution in [3.05, 3.63) is 30.1 Å². The summed E-state index contributed by atoms with van der Waals surface area (Å²) >= 11 is 0. The molecule has 0 spiro atoms. The first-order chi connectivity index (χ1) is 7.79. The van der Waals surface area contributed by atoms with Gasteiger partial charge in [0.2, 0.25) is 0 Å². The third-order valence-corrected chi connectivity index (χ3v) is 2.59. The maximum Gasteiger partial charge on any atom is 0.410 e. The van der Waals surface area contributed by atoms with Gasteiger partial charge in [0.15, 0.2) is 0 Å². The summed E-state index contributed by atoms with van der Waals surface area (Å²) in [7, 11) is 0. The number of hydrogen-bond donors (Lipinski definition) is 1. The number of hydrogen-bond acceptors (Lipinski definition) is 4. The summed E-state index contributed by atoms with van der Waals surface area (Å²) < 4.78 is 5.15. The van der Waals surface area contributed by atoms with E-state index in [2.05, 4.69) is 4.98 Å². The fraction of sp³-hybridized carbons (Fsp3) is 0.455. The topological polar surface area (TPSA) is 68.5 Å². The van der Waals surface area contributed by atoms with E-state index in [-0.39, 0.29) is 12.2 Å². The Labute approximate surface area is 94.2 Å². The van der Waals surface area contributed by atoms with Crippen molar-refractivity contribution in [2.24, 2.45) is 5.73 Å². The van der Waals surface area contributed by atoms with E-state index in [0.717, 1.165) is 12.1 Å². The van der Waals surface area contributed by atoms with Crippen LogP contribution in [0.5, 0.6) is 0 Å². The van der Waals surface area contributed by atoms with Gasteiger partial charge in [-0.3, -0.25) is 4.98 Å². The molecular formula is C11H15N3O2.